The summed E-state index contributed by atoms with van der Waals surface area (Å²) in [5, 5.41) is 17.4. The summed E-state index contributed by atoms with van der Waals surface area (Å²) in [7, 11) is 0. The third-order valence-electron chi connectivity index (χ3n) is 2.32. The maximum Gasteiger partial charge on any atom is 0.177 e. The van der Waals surface area contributed by atoms with Gasteiger partial charge < -0.3 is 10.4 Å². The number of anilines is 1. The lowest BCUT2D eigenvalue weighted by Gasteiger charge is -2.18. The van der Waals surface area contributed by atoms with Crippen LogP contribution in [0.25, 0.3) is 5.65 Å². The number of fused-ring (bicyclic) bond motifs is 1. The molecule has 0 bridgehead atoms. The van der Waals surface area contributed by atoms with Crippen molar-refractivity contribution in [1.29, 1.82) is 0 Å². The molecule has 0 atom stereocenters. The highest BCUT2D eigenvalue weighted by molar-refractivity contribution is 6.29. The van der Waals surface area contributed by atoms with Crippen molar-refractivity contribution in [2.75, 3.05) is 11.9 Å². The van der Waals surface area contributed by atoms with Crippen LogP contribution >= 0.6 is 11.6 Å². The Kier molecular flexibility index (Phi) is 2.97. The monoisotopic (exact) mass is 254 g/mol. The van der Waals surface area contributed by atoms with Crippen LogP contribution in [-0.4, -0.2) is 31.9 Å². The first-order chi connectivity index (χ1) is 7.87. The molecule has 0 aliphatic heterocycles. The van der Waals surface area contributed by atoms with Gasteiger partial charge in [0.05, 0.1) is 23.2 Å². The van der Waals surface area contributed by atoms with Crippen LogP contribution < -0.4 is 5.32 Å². The predicted octanol–water partition coefficient (Wildman–Crippen LogP) is 1.87. The van der Waals surface area contributed by atoms with Gasteiger partial charge in [-0.05, 0) is 20.8 Å². The third-order valence-corrected chi connectivity index (χ3v) is 2.50. The van der Waals surface area contributed by atoms with Crippen LogP contribution in [0.15, 0.2) is 12.3 Å². The van der Waals surface area contributed by atoms with E-state index in [-0.39, 0.29) is 0 Å². The summed E-state index contributed by atoms with van der Waals surface area (Å²) in [6.45, 7) is 5.78. The first-order valence-electron chi connectivity index (χ1n) is 5.34. The molecule has 0 fully saturated rings. The van der Waals surface area contributed by atoms with Gasteiger partial charge in [0, 0.05) is 12.6 Å². The second-order valence-electron chi connectivity index (χ2n) is 4.68. The van der Waals surface area contributed by atoms with E-state index < -0.39 is 5.60 Å². The average molecular weight is 255 g/mol. The molecule has 0 aliphatic rings. The highest BCUT2D eigenvalue weighted by atomic mass is 35.5. The number of halogens is 1. The normalized spacial score (nSPS) is 12.1. The number of aliphatic hydroxyl groups is 1. The average Bonchev–Trinajstić information content (AvgIpc) is 2.56. The Morgan fingerprint density at radius 1 is 1.53 bits per heavy atom. The molecule has 5 nitrogen and oxygen atoms in total. The molecule has 0 radical (unpaired) electrons. The number of nitrogens with zero attached hydrogens (tertiary/aromatic N) is 3. The molecule has 0 aromatic carbocycles. The van der Waals surface area contributed by atoms with E-state index in [0.717, 1.165) is 11.4 Å². The minimum Gasteiger partial charge on any atom is -0.389 e. The van der Waals surface area contributed by atoms with Crippen molar-refractivity contribution in [1.82, 2.24) is 14.6 Å². The van der Waals surface area contributed by atoms with E-state index in [9.17, 15) is 5.11 Å². The van der Waals surface area contributed by atoms with Gasteiger partial charge in [0.2, 0.25) is 0 Å². The van der Waals surface area contributed by atoms with Crippen LogP contribution in [0.1, 0.15) is 19.5 Å². The molecule has 2 rings (SSSR count). The Morgan fingerprint density at radius 3 is 2.88 bits per heavy atom. The van der Waals surface area contributed by atoms with E-state index >= 15 is 0 Å². The molecule has 2 N–H and O–H groups in total. The maximum atomic E-state index is 9.69. The van der Waals surface area contributed by atoms with Gasteiger partial charge in [-0.25, -0.2) is 9.50 Å². The standard InChI is InChI=1S/C11H15ClN4O/c1-7-5-13-10-8(14-6-11(2,3)17)4-9(12)15-16(7)10/h4-5,14,17H,6H2,1-3H3. The Hall–Kier alpha value is -1.33. The third kappa shape index (κ3) is 2.68. The highest BCUT2D eigenvalue weighted by Gasteiger charge is 2.14. The topological polar surface area (TPSA) is 62.5 Å². The Bertz CT molecular complexity index is 544. The van der Waals surface area contributed by atoms with E-state index in [1.165, 1.54) is 0 Å². The lowest BCUT2D eigenvalue weighted by atomic mass is 10.1. The summed E-state index contributed by atoms with van der Waals surface area (Å²) in [5.74, 6) is 0. The zero-order chi connectivity index (χ0) is 12.6. The van der Waals surface area contributed by atoms with Crippen LogP contribution in [0.4, 0.5) is 5.69 Å². The van der Waals surface area contributed by atoms with E-state index in [2.05, 4.69) is 15.4 Å². The van der Waals surface area contributed by atoms with Crippen molar-refractivity contribution < 1.29 is 5.11 Å². The van der Waals surface area contributed by atoms with E-state index in [0.29, 0.717) is 17.3 Å². The molecule has 0 spiro atoms. The van der Waals surface area contributed by atoms with Gasteiger partial charge in [-0.1, -0.05) is 11.6 Å². The summed E-state index contributed by atoms with van der Waals surface area (Å²) in [6, 6.07) is 1.70. The van der Waals surface area contributed by atoms with Crippen molar-refractivity contribution in [2.45, 2.75) is 26.4 Å². The molecule has 2 heterocycles. The lowest BCUT2D eigenvalue weighted by Crippen LogP contribution is -2.29. The fourth-order valence-corrected chi connectivity index (χ4v) is 1.68. The predicted molar refractivity (Wildman–Crippen MR) is 67.5 cm³/mol. The summed E-state index contributed by atoms with van der Waals surface area (Å²) >= 11 is 5.94. The number of aryl methyl sites for hydroxylation is 1. The van der Waals surface area contributed by atoms with Gasteiger partial charge in [0.25, 0.3) is 0 Å². The second kappa shape index (κ2) is 4.16. The molecular weight excluding hydrogens is 240 g/mol. The Balaban J connectivity index is 2.39. The van der Waals surface area contributed by atoms with Gasteiger partial charge in [0.15, 0.2) is 10.8 Å². The van der Waals surface area contributed by atoms with Gasteiger partial charge in [-0.3, -0.25) is 0 Å². The van der Waals surface area contributed by atoms with Gasteiger partial charge in [0.1, 0.15) is 0 Å². The molecule has 0 amide bonds. The minimum atomic E-state index is -0.797. The first-order valence-corrected chi connectivity index (χ1v) is 5.72. The number of aromatic nitrogens is 3. The van der Waals surface area contributed by atoms with E-state index in [1.807, 2.05) is 6.92 Å². The van der Waals surface area contributed by atoms with Gasteiger partial charge in [-0.15, -0.1) is 0 Å². The van der Waals surface area contributed by atoms with Crippen molar-refractivity contribution in [3.8, 4) is 0 Å². The molecule has 6 heteroatoms. The zero-order valence-electron chi connectivity index (χ0n) is 10.0. The molecule has 0 unspecified atom stereocenters. The van der Waals surface area contributed by atoms with E-state index in [4.69, 9.17) is 11.6 Å². The van der Waals surface area contributed by atoms with Crippen LogP contribution in [-0.2, 0) is 0 Å². The van der Waals surface area contributed by atoms with Crippen molar-refractivity contribution in [3.63, 3.8) is 0 Å². The maximum absolute atomic E-state index is 9.69. The smallest absolute Gasteiger partial charge is 0.177 e. The SMILES string of the molecule is Cc1cnc2c(NCC(C)(C)O)cc(Cl)nn12. The molecule has 2 aromatic rings. The summed E-state index contributed by atoms with van der Waals surface area (Å²) in [6.07, 6.45) is 1.73. The van der Waals surface area contributed by atoms with Crippen molar-refractivity contribution >= 4 is 22.9 Å². The second-order valence-corrected chi connectivity index (χ2v) is 5.07. The Morgan fingerprint density at radius 2 is 2.24 bits per heavy atom. The molecule has 0 saturated heterocycles. The summed E-state index contributed by atoms with van der Waals surface area (Å²) < 4.78 is 1.68. The number of nitrogens with one attached hydrogen (secondary N) is 1. The van der Waals surface area contributed by atoms with Crippen molar-refractivity contribution in [2.24, 2.45) is 0 Å². The molecule has 17 heavy (non-hydrogen) atoms. The minimum absolute atomic E-state index is 0.386. The number of hydrogen-bond donors (Lipinski definition) is 2. The number of imidazole rings is 1. The Labute approximate surface area is 104 Å². The number of hydrogen-bond acceptors (Lipinski definition) is 4. The summed E-state index contributed by atoms with van der Waals surface area (Å²) in [4.78, 5) is 4.26. The van der Waals surface area contributed by atoms with Crippen LogP contribution in [0.3, 0.4) is 0 Å². The zero-order valence-corrected chi connectivity index (χ0v) is 10.8. The molecular formula is C11H15ClN4O. The van der Waals surface area contributed by atoms with Crippen LogP contribution in [0, 0.1) is 6.92 Å². The largest absolute Gasteiger partial charge is 0.389 e. The van der Waals surface area contributed by atoms with Crippen LogP contribution in [0.2, 0.25) is 5.15 Å². The molecule has 92 valence electrons. The molecule has 0 saturated carbocycles. The van der Waals surface area contributed by atoms with E-state index in [1.54, 1.807) is 30.6 Å². The van der Waals surface area contributed by atoms with Gasteiger partial charge >= 0.3 is 0 Å². The number of rotatable bonds is 3. The molecule has 2 aromatic heterocycles. The molecule has 0 aliphatic carbocycles. The summed E-state index contributed by atoms with van der Waals surface area (Å²) in [5.41, 5.74) is 1.58. The van der Waals surface area contributed by atoms with Gasteiger partial charge in [-0.2, -0.15) is 5.10 Å². The first kappa shape index (κ1) is 12.1. The fraction of sp³-hybridized carbons (Fsp3) is 0.455. The van der Waals surface area contributed by atoms with Crippen LogP contribution in [0.5, 0.6) is 0 Å². The quantitative estimate of drug-likeness (QED) is 0.878. The fourth-order valence-electron chi connectivity index (χ4n) is 1.49. The lowest BCUT2D eigenvalue weighted by molar-refractivity contribution is 0.0945. The highest BCUT2D eigenvalue weighted by Crippen LogP contribution is 2.20. The van der Waals surface area contributed by atoms with Crippen molar-refractivity contribution in [3.05, 3.63) is 23.1 Å².